The summed E-state index contributed by atoms with van der Waals surface area (Å²) in [7, 11) is 0. The maximum atomic E-state index is 5.16. The minimum Gasteiger partial charge on any atom is -0.307 e. The lowest BCUT2D eigenvalue weighted by Crippen LogP contribution is -2.00. The molecular formula is C36H22N4. The van der Waals surface area contributed by atoms with Crippen molar-refractivity contribution in [3.63, 3.8) is 0 Å². The van der Waals surface area contributed by atoms with Crippen LogP contribution in [0.2, 0.25) is 0 Å². The molecule has 0 bridgehead atoms. The number of aromatic nitrogens is 4. The summed E-state index contributed by atoms with van der Waals surface area (Å²) >= 11 is 0. The van der Waals surface area contributed by atoms with E-state index in [4.69, 9.17) is 4.98 Å². The number of rotatable bonds is 2. The highest BCUT2D eigenvalue weighted by Crippen LogP contribution is 2.40. The molecule has 4 heteroatoms. The molecule has 186 valence electrons. The maximum absolute atomic E-state index is 5.16. The zero-order valence-electron chi connectivity index (χ0n) is 21.5. The van der Waals surface area contributed by atoms with Crippen LogP contribution in [-0.4, -0.2) is 18.9 Å². The Morgan fingerprint density at radius 1 is 0.450 bits per heavy atom. The monoisotopic (exact) mass is 510 g/mol. The molecule has 0 N–H and O–H groups in total. The van der Waals surface area contributed by atoms with Gasteiger partial charge in [0.05, 0.1) is 39.0 Å². The predicted molar refractivity (Wildman–Crippen MR) is 165 cm³/mol. The Morgan fingerprint density at radius 2 is 1.12 bits per heavy atom. The molecule has 0 amide bonds. The van der Waals surface area contributed by atoms with Gasteiger partial charge in [-0.1, -0.05) is 84.9 Å². The summed E-state index contributed by atoms with van der Waals surface area (Å²) in [5.74, 6) is 0.877. The van der Waals surface area contributed by atoms with Crippen molar-refractivity contribution in [3.8, 4) is 17.2 Å². The Kier molecular flexibility index (Phi) is 4.30. The second-order valence-corrected chi connectivity index (χ2v) is 10.3. The van der Waals surface area contributed by atoms with Crippen LogP contribution in [0.4, 0.5) is 0 Å². The van der Waals surface area contributed by atoms with Gasteiger partial charge in [0, 0.05) is 33.1 Å². The number of benzene rings is 4. The van der Waals surface area contributed by atoms with Crippen LogP contribution >= 0.6 is 0 Å². The normalized spacial score (nSPS) is 12.0. The maximum Gasteiger partial charge on any atom is 0.138 e. The molecule has 5 heterocycles. The van der Waals surface area contributed by atoms with Crippen LogP contribution < -0.4 is 0 Å². The highest BCUT2D eigenvalue weighted by atomic mass is 15.1. The molecular weight excluding hydrogens is 488 g/mol. The number of hydrogen-bond acceptors (Lipinski definition) is 2. The summed E-state index contributed by atoms with van der Waals surface area (Å²) in [6.07, 6.45) is 1.82. The third kappa shape index (κ3) is 2.85. The average Bonchev–Trinajstić information content (AvgIpc) is 3.58. The molecule has 0 spiro atoms. The van der Waals surface area contributed by atoms with E-state index >= 15 is 0 Å². The zero-order valence-corrected chi connectivity index (χ0v) is 21.5. The summed E-state index contributed by atoms with van der Waals surface area (Å²) in [5.41, 5.74) is 7.61. The molecule has 5 aromatic heterocycles. The van der Waals surface area contributed by atoms with Gasteiger partial charge in [-0.25, -0.2) is 4.98 Å². The molecule has 4 nitrogen and oxygen atoms in total. The van der Waals surface area contributed by atoms with E-state index in [0.29, 0.717) is 0 Å². The smallest absolute Gasteiger partial charge is 0.138 e. The van der Waals surface area contributed by atoms with Gasteiger partial charge in [-0.2, -0.15) is 0 Å². The lowest BCUT2D eigenvalue weighted by atomic mass is 10.1. The van der Waals surface area contributed by atoms with Crippen molar-refractivity contribution < 1.29 is 0 Å². The van der Waals surface area contributed by atoms with Crippen molar-refractivity contribution in [1.82, 2.24) is 18.9 Å². The largest absolute Gasteiger partial charge is 0.307 e. The van der Waals surface area contributed by atoms with Gasteiger partial charge in [-0.05, 0) is 47.9 Å². The topological polar surface area (TPSA) is 35.1 Å². The van der Waals surface area contributed by atoms with Gasteiger partial charge in [0.1, 0.15) is 5.82 Å². The quantitative estimate of drug-likeness (QED) is 0.218. The molecule has 0 saturated heterocycles. The Bertz CT molecular complexity index is 2430. The zero-order chi connectivity index (χ0) is 26.2. The first-order chi connectivity index (χ1) is 19.9. The molecule has 9 rings (SSSR count). The van der Waals surface area contributed by atoms with E-state index in [1.807, 2.05) is 30.5 Å². The lowest BCUT2D eigenvalue weighted by Gasteiger charge is -2.12. The van der Waals surface area contributed by atoms with E-state index < -0.39 is 0 Å². The fourth-order valence-electron chi connectivity index (χ4n) is 6.47. The van der Waals surface area contributed by atoms with Gasteiger partial charge >= 0.3 is 0 Å². The fraction of sp³-hybridized carbons (Fsp3) is 0. The third-order valence-electron chi connectivity index (χ3n) is 8.13. The number of pyridine rings is 3. The minimum atomic E-state index is 0.854. The van der Waals surface area contributed by atoms with Crippen LogP contribution in [0.25, 0.3) is 77.1 Å². The first kappa shape index (κ1) is 21.5. The predicted octanol–water partition coefficient (Wildman–Crippen LogP) is 8.95. The highest BCUT2D eigenvalue weighted by molar-refractivity contribution is 6.22. The molecule has 0 aliphatic heterocycles. The van der Waals surface area contributed by atoms with Crippen molar-refractivity contribution in [3.05, 3.63) is 134 Å². The molecule has 0 aliphatic rings. The SMILES string of the molecule is c1ccc(-c2cccc(-n3c4ccccc4c4ccc5cc6c7ccccc7c7ccccc7n6c5c43)n2)nc1. The van der Waals surface area contributed by atoms with Gasteiger partial charge in [0.2, 0.25) is 0 Å². The Labute approximate surface area is 229 Å². The second-order valence-electron chi connectivity index (χ2n) is 10.3. The standard InChI is InChI=1S/C36H22N4/c1-2-12-26-24(10-1)25-11-3-5-16-31(25)39-33(26)22-23-19-20-28-27-13-4-6-17-32(27)40(36(28)35(23)39)34-18-9-15-30(38-34)29-14-7-8-21-37-29/h1-22H. The first-order valence-electron chi connectivity index (χ1n) is 13.5. The van der Waals surface area contributed by atoms with Crippen molar-refractivity contribution in [2.75, 3.05) is 0 Å². The van der Waals surface area contributed by atoms with Gasteiger partial charge in [-0.3, -0.25) is 9.55 Å². The molecule has 0 radical (unpaired) electrons. The van der Waals surface area contributed by atoms with Crippen molar-refractivity contribution >= 4 is 59.9 Å². The van der Waals surface area contributed by atoms with Crippen LogP contribution in [0.15, 0.2) is 134 Å². The van der Waals surface area contributed by atoms with Gasteiger partial charge in [0.15, 0.2) is 0 Å². The van der Waals surface area contributed by atoms with Crippen molar-refractivity contribution in [2.45, 2.75) is 0 Å². The number of nitrogens with zero attached hydrogens (tertiary/aromatic N) is 4. The van der Waals surface area contributed by atoms with Crippen LogP contribution in [0, 0.1) is 0 Å². The van der Waals surface area contributed by atoms with E-state index in [1.165, 1.54) is 48.9 Å². The van der Waals surface area contributed by atoms with E-state index in [1.54, 1.807) is 0 Å². The molecule has 0 saturated carbocycles. The van der Waals surface area contributed by atoms with Gasteiger partial charge in [-0.15, -0.1) is 0 Å². The number of fused-ring (bicyclic) bond motifs is 12. The number of hydrogen-bond donors (Lipinski definition) is 0. The van der Waals surface area contributed by atoms with E-state index in [9.17, 15) is 0 Å². The Hall–Kier alpha value is -5.48. The summed E-state index contributed by atoms with van der Waals surface area (Å²) in [6.45, 7) is 0. The second kappa shape index (κ2) is 8.01. The molecule has 9 aromatic rings. The van der Waals surface area contributed by atoms with Gasteiger partial charge < -0.3 is 4.40 Å². The molecule has 0 atom stereocenters. The van der Waals surface area contributed by atoms with Gasteiger partial charge in [0.25, 0.3) is 0 Å². The summed E-state index contributed by atoms with van der Waals surface area (Å²) in [4.78, 5) is 9.73. The van der Waals surface area contributed by atoms with E-state index in [0.717, 1.165) is 28.2 Å². The van der Waals surface area contributed by atoms with Crippen LogP contribution in [0.3, 0.4) is 0 Å². The van der Waals surface area contributed by atoms with Crippen LogP contribution in [0.1, 0.15) is 0 Å². The molecule has 40 heavy (non-hydrogen) atoms. The molecule has 4 aromatic carbocycles. The average molecular weight is 511 g/mol. The van der Waals surface area contributed by atoms with E-state index in [-0.39, 0.29) is 0 Å². The van der Waals surface area contributed by atoms with E-state index in [2.05, 4.69) is 117 Å². The highest BCUT2D eigenvalue weighted by Gasteiger charge is 2.20. The minimum absolute atomic E-state index is 0.854. The Morgan fingerprint density at radius 3 is 1.93 bits per heavy atom. The fourth-order valence-corrected chi connectivity index (χ4v) is 6.47. The molecule has 0 aliphatic carbocycles. The van der Waals surface area contributed by atoms with Crippen LogP contribution in [0.5, 0.6) is 0 Å². The summed E-state index contributed by atoms with van der Waals surface area (Å²) in [5, 5.41) is 7.41. The summed E-state index contributed by atoms with van der Waals surface area (Å²) in [6, 6.07) is 45.1. The van der Waals surface area contributed by atoms with Crippen LogP contribution in [-0.2, 0) is 0 Å². The summed E-state index contributed by atoms with van der Waals surface area (Å²) < 4.78 is 4.78. The third-order valence-corrected chi connectivity index (χ3v) is 8.13. The number of para-hydroxylation sites is 2. The lowest BCUT2D eigenvalue weighted by molar-refractivity contribution is 1.08. The Balaban J connectivity index is 1.51. The molecule has 0 unspecified atom stereocenters. The van der Waals surface area contributed by atoms with Crippen molar-refractivity contribution in [1.29, 1.82) is 0 Å². The van der Waals surface area contributed by atoms with Crippen molar-refractivity contribution in [2.24, 2.45) is 0 Å². The molecule has 0 fully saturated rings. The first-order valence-corrected chi connectivity index (χ1v) is 13.5.